The number of carbonyl (C=O) groups is 1. The summed E-state index contributed by atoms with van der Waals surface area (Å²) >= 11 is 5.36. The van der Waals surface area contributed by atoms with Crippen LogP contribution in [0, 0.1) is 5.92 Å². The van der Waals surface area contributed by atoms with Gasteiger partial charge in [-0.15, -0.1) is 11.6 Å². The van der Waals surface area contributed by atoms with Gasteiger partial charge in [0.2, 0.25) is 10.0 Å². The van der Waals surface area contributed by atoms with Crippen molar-refractivity contribution in [3.8, 4) is 0 Å². The lowest BCUT2D eigenvalue weighted by molar-refractivity contribution is -0.144. The third-order valence-electron chi connectivity index (χ3n) is 1.94. The summed E-state index contributed by atoms with van der Waals surface area (Å²) in [5, 5.41) is 0. The van der Waals surface area contributed by atoms with E-state index in [2.05, 4.69) is 4.74 Å². The molecule has 0 spiro atoms. The van der Waals surface area contributed by atoms with Crippen LogP contribution in [-0.4, -0.2) is 51.0 Å². The molecule has 0 fully saturated rings. The zero-order valence-electron chi connectivity index (χ0n) is 9.07. The second kappa shape index (κ2) is 6.30. The van der Waals surface area contributed by atoms with E-state index in [1.165, 1.54) is 14.2 Å². The van der Waals surface area contributed by atoms with Gasteiger partial charge in [-0.1, -0.05) is 6.92 Å². The van der Waals surface area contributed by atoms with Crippen LogP contribution in [0.1, 0.15) is 6.92 Å². The van der Waals surface area contributed by atoms with Crippen LogP contribution in [-0.2, 0) is 19.6 Å². The summed E-state index contributed by atoms with van der Waals surface area (Å²) in [4.78, 5) is 11.1. The first-order chi connectivity index (χ1) is 6.85. The number of esters is 1. The number of methoxy groups -OCH3 is 1. The highest BCUT2D eigenvalue weighted by Gasteiger charge is 2.22. The molecular weight excluding hydrogens is 242 g/mol. The Morgan fingerprint density at radius 2 is 2.07 bits per heavy atom. The average molecular weight is 258 g/mol. The Kier molecular flexibility index (Phi) is 6.16. The third kappa shape index (κ3) is 4.81. The molecule has 0 N–H and O–H groups in total. The van der Waals surface area contributed by atoms with Crippen molar-refractivity contribution in [1.82, 2.24) is 4.31 Å². The molecule has 7 heteroatoms. The number of rotatable bonds is 6. The van der Waals surface area contributed by atoms with Gasteiger partial charge in [0.15, 0.2) is 0 Å². The molecule has 0 aromatic heterocycles. The van der Waals surface area contributed by atoms with Gasteiger partial charge in [-0.05, 0) is 0 Å². The summed E-state index contributed by atoms with van der Waals surface area (Å²) in [5.74, 6) is -0.994. The maximum atomic E-state index is 11.5. The van der Waals surface area contributed by atoms with Gasteiger partial charge in [0.05, 0.1) is 18.8 Å². The lowest BCUT2D eigenvalue weighted by Crippen LogP contribution is -2.35. The van der Waals surface area contributed by atoms with Crippen molar-refractivity contribution < 1.29 is 17.9 Å². The van der Waals surface area contributed by atoms with Crippen LogP contribution in [0.5, 0.6) is 0 Å². The summed E-state index contributed by atoms with van der Waals surface area (Å²) in [6.07, 6.45) is 0. The van der Waals surface area contributed by atoms with E-state index >= 15 is 0 Å². The van der Waals surface area contributed by atoms with Gasteiger partial charge in [0.1, 0.15) is 0 Å². The maximum absolute atomic E-state index is 11.5. The molecule has 0 aliphatic rings. The zero-order chi connectivity index (χ0) is 12.1. The minimum absolute atomic E-state index is 0.0410. The fraction of sp³-hybridized carbons (Fsp3) is 0.875. The first-order valence-electron chi connectivity index (χ1n) is 4.43. The molecule has 0 bridgehead atoms. The number of sulfonamides is 1. The van der Waals surface area contributed by atoms with Crippen LogP contribution in [0.15, 0.2) is 0 Å². The van der Waals surface area contributed by atoms with Crippen molar-refractivity contribution in [1.29, 1.82) is 0 Å². The van der Waals surface area contributed by atoms with E-state index in [1.54, 1.807) is 6.92 Å². The van der Waals surface area contributed by atoms with Crippen molar-refractivity contribution >= 4 is 27.6 Å². The molecular formula is C8H16ClNO4S. The Bertz CT molecular complexity index is 304. The van der Waals surface area contributed by atoms with Gasteiger partial charge in [-0.2, -0.15) is 0 Å². The van der Waals surface area contributed by atoms with Gasteiger partial charge in [-0.3, -0.25) is 4.79 Å². The smallest absolute Gasteiger partial charge is 0.309 e. The van der Waals surface area contributed by atoms with Crippen molar-refractivity contribution in [3.05, 3.63) is 0 Å². The zero-order valence-corrected chi connectivity index (χ0v) is 10.6. The van der Waals surface area contributed by atoms with E-state index in [9.17, 15) is 13.2 Å². The van der Waals surface area contributed by atoms with Gasteiger partial charge < -0.3 is 4.74 Å². The highest BCUT2D eigenvalue weighted by molar-refractivity contribution is 7.89. The maximum Gasteiger partial charge on any atom is 0.309 e. The summed E-state index contributed by atoms with van der Waals surface area (Å²) in [6.45, 7) is 1.71. The van der Waals surface area contributed by atoms with Crippen molar-refractivity contribution in [2.45, 2.75) is 6.92 Å². The molecule has 0 aliphatic heterocycles. The van der Waals surface area contributed by atoms with Crippen molar-refractivity contribution in [2.75, 3.05) is 32.3 Å². The number of halogens is 1. The summed E-state index contributed by atoms with van der Waals surface area (Å²) in [5.41, 5.74) is 0. The van der Waals surface area contributed by atoms with Gasteiger partial charge >= 0.3 is 5.97 Å². The van der Waals surface area contributed by atoms with Crippen LogP contribution in [0.3, 0.4) is 0 Å². The standard InChI is InChI=1S/C8H16ClNO4S/c1-7(8(11)14-3)6-10(2)15(12,13)5-4-9/h7H,4-6H2,1-3H3. The Balaban J connectivity index is 4.36. The molecule has 0 rings (SSSR count). The number of alkyl halides is 1. The first-order valence-corrected chi connectivity index (χ1v) is 6.57. The van der Waals surface area contributed by atoms with Gasteiger partial charge in [0, 0.05) is 19.5 Å². The highest BCUT2D eigenvalue weighted by Crippen LogP contribution is 2.06. The number of ether oxygens (including phenoxy) is 1. The molecule has 90 valence electrons. The van der Waals surface area contributed by atoms with E-state index in [1.807, 2.05) is 0 Å². The minimum atomic E-state index is -3.35. The lowest BCUT2D eigenvalue weighted by atomic mass is 10.2. The molecule has 0 radical (unpaired) electrons. The molecule has 1 unspecified atom stereocenters. The van der Waals surface area contributed by atoms with Crippen LogP contribution >= 0.6 is 11.6 Å². The monoisotopic (exact) mass is 257 g/mol. The van der Waals surface area contributed by atoms with Crippen LogP contribution < -0.4 is 0 Å². The Morgan fingerprint density at radius 3 is 2.47 bits per heavy atom. The lowest BCUT2D eigenvalue weighted by Gasteiger charge is -2.19. The van der Waals surface area contributed by atoms with Crippen LogP contribution in [0.4, 0.5) is 0 Å². The fourth-order valence-electron chi connectivity index (χ4n) is 1.03. The third-order valence-corrected chi connectivity index (χ3v) is 4.18. The molecule has 0 aromatic carbocycles. The molecule has 0 heterocycles. The quantitative estimate of drug-likeness (QED) is 0.507. The number of hydrogen-bond acceptors (Lipinski definition) is 4. The van der Waals surface area contributed by atoms with E-state index < -0.39 is 21.9 Å². The number of nitrogens with zero attached hydrogens (tertiary/aromatic N) is 1. The Hall–Kier alpha value is -0.330. The fourth-order valence-corrected chi connectivity index (χ4v) is 2.57. The largest absolute Gasteiger partial charge is 0.469 e. The van der Waals surface area contributed by atoms with Gasteiger partial charge in [0.25, 0.3) is 0 Å². The van der Waals surface area contributed by atoms with E-state index in [4.69, 9.17) is 11.6 Å². The molecule has 0 aliphatic carbocycles. The highest BCUT2D eigenvalue weighted by atomic mass is 35.5. The summed E-state index contributed by atoms with van der Waals surface area (Å²) in [6, 6.07) is 0. The normalized spacial score (nSPS) is 13.9. The van der Waals surface area contributed by atoms with E-state index in [0.717, 1.165) is 4.31 Å². The predicted molar refractivity (Wildman–Crippen MR) is 58.3 cm³/mol. The molecule has 0 amide bonds. The van der Waals surface area contributed by atoms with Crippen molar-refractivity contribution in [2.24, 2.45) is 5.92 Å². The van der Waals surface area contributed by atoms with E-state index in [0.29, 0.717) is 0 Å². The second-order valence-electron chi connectivity index (χ2n) is 3.21. The second-order valence-corrected chi connectivity index (χ2v) is 5.78. The van der Waals surface area contributed by atoms with Gasteiger partial charge in [-0.25, -0.2) is 12.7 Å². The average Bonchev–Trinajstić information content (AvgIpc) is 2.16. The summed E-state index contributed by atoms with van der Waals surface area (Å²) < 4.78 is 28.6. The number of hydrogen-bond donors (Lipinski definition) is 0. The topological polar surface area (TPSA) is 63.7 Å². The van der Waals surface area contributed by atoms with Crippen LogP contribution in [0.25, 0.3) is 0 Å². The van der Waals surface area contributed by atoms with E-state index in [-0.39, 0.29) is 18.2 Å². The van der Waals surface area contributed by atoms with Crippen LogP contribution in [0.2, 0.25) is 0 Å². The summed E-state index contributed by atoms with van der Waals surface area (Å²) in [7, 11) is -0.666. The molecule has 0 aromatic rings. The molecule has 15 heavy (non-hydrogen) atoms. The Morgan fingerprint density at radius 1 is 1.53 bits per heavy atom. The first kappa shape index (κ1) is 14.7. The Labute approximate surface area is 95.4 Å². The molecule has 0 saturated heterocycles. The minimum Gasteiger partial charge on any atom is -0.469 e. The molecule has 5 nitrogen and oxygen atoms in total. The SMILES string of the molecule is COC(=O)C(C)CN(C)S(=O)(=O)CCCl. The predicted octanol–water partition coefficient (Wildman–Crippen LogP) is 0.296. The molecule has 0 saturated carbocycles. The van der Waals surface area contributed by atoms with Crippen molar-refractivity contribution in [3.63, 3.8) is 0 Å². The number of carbonyl (C=O) groups excluding carboxylic acids is 1. The molecule has 1 atom stereocenters.